The maximum absolute atomic E-state index is 11.3. The molecule has 0 spiro atoms. The number of nitrogens with one attached hydrogen (secondary N) is 1. The highest BCUT2D eigenvalue weighted by molar-refractivity contribution is 5.84. The molecule has 5 aromatic rings. The SMILES string of the molecule is CC(=O)NC(c1ccccc1)c1ccccc1.CN1CCN(C2CCC(n3ncc4c(N)ncnc43)CC2)CC1.COc1ccc(OC)cc1. The Morgan fingerprint density at radius 3 is 1.80 bits per heavy atom. The van der Waals surface area contributed by atoms with Crippen molar-refractivity contribution in [1.29, 1.82) is 0 Å². The molecular formula is C39H50N8O3. The van der Waals surface area contributed by atoms with Crippen LogP contribution in [0.3, 0.4) is 0 Å². The van der Waals surface area contributed by atoms with Crippen LogP contribution in [0.1, 0.15) is 55.8 Å². The van der Waals surface area contributed by atoms with Crippen molar-refractivity contribution in [2.45, 2.75) is 50.7 Å². The minimum atomic E-state index is -0.0742. The van der Waals surface area contributed by atoms with Crippen LogP contribution < -0.4 is 20.5 Å². The second-order valence-corrected chi connectivity index (χ2v) is 12.7. The Morgan fingerprint density at radius 1 is 0.780 bits per heavy atom. The van der Waals surface area contributed by atoms with Gasteiger partial charge in [0.05, 0.1) is 37.9 Å². The van der Waals surface area contributed by atoms with E-state index in [1.165, 1.54) is 45.3 Å². The molecular weight excluding hydrogens is 628 g/mol. The van der Waals surface area contributed by atoms with E-state index in [0.29, 0.717) is 11.9 Å². The maximum Gasteiger partial charge on any atom is 0.217 e. The van der Waals surface area contributed by atoms with Gasteiger partial charge in [-0.3, -0.25) is 9.69 Å². The first kappa shape index (κ1) is 36.3. The maximum atomic E-state index is 11.3. The summed E-state index contributed by atoms with van der Waals surface area (Å²) in [5, 5.41) is 8.38. The third-order valence-corrected chi connectivity index (χ3v) is 9.40. The van der Waals surface area contributed by atoms with Crippen molar-refractivity contribution in [2.75, 3.05) is 53.2 Å². The molecule has 11 nitrogen and oxygen atoms in total. The fourth-order valence-corrected chi connectivity index (χ4v) is 6.57. The van der Waals surface area contributed by atoms with E-state index in [9.17, 15) is 4.79 Å². The van der Waals surface area contributed by atoms with Crippen LogP contribution in [-0.4, -0.2) is 88.9 Å². The Bertz CT molecular complexity index is 1670. The summed E-state index contributed by atoms with van der Waals surface area (Å²) < 4.78 is 12.0. The number of ether oxygens (including phenoxy) is 2. The molecule has 1 saturated carbocycles. The zero-order chi connectivity index (χ0) is 35.3. The fraction of sp³-hybridized carbons (Fsp3) is 0.385. The molecule has 0 unspecified atom stereocenters. The van der Waals surface area contributed by atoms with E-state index in [1.807, 2.05) is 84.9 Å². The summed E-state index contributed by atoms with van der Waals surface area (Å²) in [5.41, 5.74) is 8.97. The van der Waals surface area contributed by atoms with Gasteiger partial charge in [0.25, 0.3) is 0 Å². The predicted molar refractivity (Wildman–Crippen MR) is 198 cm³/mol. The van der Waals surface area contributed by atoms with E-state index in [2.05, 4.69) is 41.9 Å². The van der Waals surface area contributed by atoms with Gasteiger partial charge in [0, 0.05) is 39.1 Å². The molecule has 1 amide bonds. The Labute approximate surface area is 295 Å². The summed E-state index contributed by atoms with van der Waals surface area (Å²) in [6, 6.07) is 28.5. The number of aromatic nitrogens is 4. The number of benzene rings is 3. The molecule has 50 heavy (non-hydrogen) atoms. The zero-order valence-corrected chi connectivity index (χ0v) is 29.6. The van der Waals surface area contributed by atoms with E-state index in [0.717, 1.165) is 52.5 Å². The minimum Gasteiger partial charge on any atom is -0.497 e. The van der Waals surface area contributed by atoms with Gasteiger partial charge in [-0.2, -0.15) is 5.10 Å². The first-order chi connectivity index (χ1) is 24.4. The Hall–Kier alpha value is -5.00. The number of nitrogens with zero attached hydrogens (tertiary/aromatic N) is 6. The smallest absolute Gasteiger partial charge is 0.217 e. The van der Waals surface area contributed by atoms with Gasteiger partial charge in [0.15, 0.2) is 5.65 Å². The lowest BCUT2D eigenvalue weighted by molar-refractivity contribution is -0.119. The summed E-state index contributed by atoms with van der Waals surface area (Å²) in [4.78, 5) is 24.8. The van der Waals surface area contributed by atoms with Crippen molar-refractivity contribution in [3.8, 4) is 11.5 Å². The van der Waals surface area contributed by atoms with Gasteiger partial charge in [-0.05, 0) is 68.1 Å². The van der Waals surface area contributed by atoms with Crippen molar-refractivity contribution in [3.05, 3.63) is 109 Å². The molecule has 2 aromatic heterocycles. The summed E-state index contributed by atoms with van der Waals surface area (Å²) in [6.45, 7) is 6.35. The van der Waals surface area contributed by atoms with Gasteiger partial charge < -0.3 is 25.4 Å². The van der Waals surface area contributed by atoms with Gasteiger partial charge in [-0.1, -0.05) is 60.7 Å². The summed E-state index contributed by atoms with van der Waals surface area (Å²) >= 11 is 0. The standard InChI is InChI=1S/C16H25N7.C15H15NO.C8H10O2/c1-21-6-8-22(9-7-21)12-2-4-13(5-3-12)23-16-14(10-20-23)15(17)18-11-19-16;1-12(17)16-15(13-8-4-2-5-9-13)14-10-6-3-7-11-14;1-9-7-3-5-8(10-2)6-4-7/h10-13H,2-9H2,1H3,(H2,17,18,19);2-11,15H,1H3,(H,16,17);3-6H,1-2H3. The van der Waals surface area contributed by atoms with Gasteiger partial charge in [0.2, 0.25) is 5.91 Å². The van der Waals surface area contributed by atoms with E-state index in [1.54, 1.807) is 27.3 Å². The molecule has 0 atom stereocenters. The van der Waals surface area contributed by atoms with Crippen molar-refractivity contribution in [3.63, 3.8) is 0 Å². The number of carbonyl (C=O) groups excluding carboxylic acids is 1. The molecule has 264 valence electrons. The molecule has 3 N–H and O–H groups in total. The molecule has 7 rings (SSSR count). The van der Waals surface area contributed by atoms with Gasteiger partial charge in [-0.15, -0.1) is 0 Å². The van der Waals surface area contributed by atoms with Crippen LogP contribution in [0.5, 0.6) is 11.5 Å². The van der Waals surface area contributed by atoms with Gasteiger partial charge in [-0.25, -0.2) is 14.6 Å². The predicted octanol–water partition coefficient (Wildman–Crippen LogP) is 5.76. The number of anilines is 1. The Balaban J connectivity index is 0.000000158. The number of rotatable bonds is 7. The second-order valence-electron chi connectivity index (χ2n) is 12.7. The van der Waals surface area contributed by atoms with Crippen molar-refractivity contribution >= 4 is 22.8 Å². The van der Waals surface area contributed by atoms with E-state index in [-0.39, 0.29) is 11.9 Å². The quantitative estimate of drug-likeness (QED) is 0.221. The Morgan fingerprint density at radius 2 is 1.30 bits per heavy atom. The lowest BCUT2D eigenvalue weighted by atomic mass is 9.90. The topological polar surface area (TPSA) is 124 Å². The summed E-state index contributed by atoms with van der Waals surface area (Å²) in [5.74, 6) is 2.19. The molecule has 3 aromatic carbocycles. The largest absolute Gasteiger partial charge is 0.497 e. The first-order valence-electron chi connectivity index (χ1n) is 17.3. The van der Waals surface area contributed by atoms with Crippen molar-refractivity contribution < 1.29 is 14.3 Å². The fourth-order valence-electron chi connectivity index (χ4n) is 6.57. The number of methoxy groups -OCH3 is 2. The van der Waals surface area contributed by atoms with E-state index in [4.69, 9.17) is 15.2 Å². The molecule has 3 heterocycles. The van der Waals surface area contributed by atoms with Gasteiger partial charge in [0.1, 0.15) is 23.6 Å². The van der Waals surface area contributed by atoms with Crippen LogP contribution >= 0.6 is 0 Å². The van der Waals surface area contributed by atoms with Gasteiger partial charge >= 0.3 is 0 Å². The van der Waals surface area contributed by atoms with Crippen LogP contribution in [0.15, 0.2) is 97.5 Å². The number of nitrogens with two attached hydrogens (primary N) is 1. The van der Waals surface area contributed by atoms with Crippen LogP contribution in [0.25, 0.3) is 11.0 Å². The second kappa shape index (κ2) is 18.1. The number of amides is 1. The lowest BCUT2D eigenvalue weighted by Gasteiger charge is -2.41. The summed E-state index contributed by atoms with van der Waals surface area (Å²) in [6.07, 6.45) is 8.16. The number of hydrogen-bond acceptors (Lipinski definition) is 9. The van der Waals surface area contributed by atoms with Crippen LogP contribution in [0.2, 0.25) is 0 Å². The lowest BCUT2D eigenvalue weighted by Crippen LogP contribution is -2.49. The number of likely N-dealkylation sites (N-methyl/N-ethyl adjacent to an activating group) is 1. The van der Waals surface area contributed by atoms with Crippen LogP contribution in [-0.2, 0) is 4.79 Å². The van der Waals surface area contributed by atoms with Crippen molar-refractivity contribution in [1.82, 2.24) is 34.9 Å². The molecule has 1 saturated heterocycles. The number of piperazine rings is 1. The van der Waals surface area contributed by atoms with Crippen LogP contribution in [0, 0.1) is 0 Å². The molecule has 0 radical (unpaired) electrons. The molecule has 2 aliphatic rings. The van der Waals surface area contributed by atoms with E-state index < -0.39 is 0 Å². The van der Waals surface area contributed by atoms with E-state index >= 15 is 0 Å². The average molecular weight is 679 g/mol. The van der Waals surface area contributed by atoms with Crippen molar-refractivity contribution in [2.24, 2.45) is 0 Å². The summed E-state index contributed by atoms with van der Waals surface area (Å²) in [7, 11) is 5.49. The third kappa shape index (κ3) is 9.79. The highest BCUT2D eigenvalue weighted by Gasteiger charge is 2.29. The monoisotopic (exact) mass is 678 g/mol. The number of hydrogen-bond donors (Lipinski definition) is 2. The average Bonchev–Trinajstić information content (AvgIpc) is 3.61. The zero-order valence-electron chi connectivity index (χ0n) is 29.6. The van der Waals surface area contributed by atoms with Crippen LogP contribution in [0.4, 0.5) is 5.82 Å². The highest BCUT2D eigenvalue weighted by Crippen LogP contribution is 2.33. The number of fused-ring (bicyclic) bond motifs is 1. The third-order valence-electron chi connectivity index (χ3n) is 9.40. The highest BCUT2D eigenvalue weighted by atomic mass is 16.5. The molecule has 11 heteroatoms. The molecule has 1 aliphatic heterocycles. The minimum absolute atomic E-state index is 0.0253. The molecule has 0 bridgehead atoms. The number of nitrogen functional groups attached to an aromatic ring is 1. The molecule has 2 fully saturated rings. The first-order valence-corrected chi connectivity index (χ1v) is 17.3. The normalized spacial score (nSPS) is 17.9. The number of carbonyl (C=O) groups is 1. The molecule has 1 aliphatic carbocycles. The Kier molecular flexibility index (Phi) is 13.2.